The number of nitrogens with one attached hydrogen (secondary N) is 1. The zero-order valence-corrected chi connectivity index (χ0v) is 17.3. The van der Waals surface area contributed by atoms with E-state index in [0.717, 1.165) is 29.7 Å². The molecule has 0 aliphatic carbocycles. The predicted molar refractivity (Wildman–Crippen MR) is 110 cm³/mol. The van der Waals surface area contributed by atoms with Crippen molar-refractivity contribution in [2.75, 3.05) is 18.0 Å². The van der Waals surface area contributed by atoms with Gasteiger partial charge in [-0.2, -0.15) is 0 Å². The minimum Gasteiger partial charge on any atom is -0.311 e. The van der Waals surface area contributed by atoms with E-state index < -0.39 is 10.0 Å². The second-order valence-corrected chi connectivity index (χ2v) is 8.20. The average Bonchev–Trinajstić information content (AvgIpc) is 2.64. The molecule has 146 valence electrons. The molecule has 27 heavy (non-hydrogen) atoms. The zero-order chi connectivity index (χ0) is 20.0. The highest BCUT2D eigenvalue weighted by atomic mass is 32.2. The molecule has 0 aliphatic heterocycles. The fraction of sp³-hybridized carbons (Fsp3) is 0.381. The van der Waals surface area contributed by atoms with Gasteiger partial charge in [0, 0.05) is 20.0 Å². The lowest BCUT2D eigenvalue weighted by atomic mass is 10.0. The standard InChI is InChI=1S/C21H28N2O3S/c1-5-18-11-9-12-19(6-2)21(18)23(17(4)24)15-14-22-27(25,26)20-13-8-7-10-16(20)3/h7-13,22H,5-6,14-15H2,1-4H3. The summed E-state index contributed by atoms with van der Waals surface area (Å²) in [7, 11) is -3.61. The summed E-state index contributed by atoms with van der Waals surface area (Å²) in [6.45, 7) is 7.82. The van der Waals surface area contributed by atoms with Crippen LogP contribution in [0.1, 0.15) is 37.5 Å². The maximum Gasteiger partial charge on any atom is 0.240 e. The molecule has 0 heterocycles. The molecule has 2 rings (SSSR count). The van der Waals surface area contributed by atoms with Crippen LogP contribution in [-0.4, -0.2) is 27.4 Å². The molecular formula is C21H28N2O3S. The minimum absolute atomic E-state index is 0.0966. The lowest BCUT2D eigenvalue weighted by molar-refractivity contribution is -0.116. The highest BCUT2D eigenvalue weighted by molar-refractivity contribution is 7.89. The van der Waals surface area contributed by atoms with Crippen molar-refractivity contribution in [3.63, 3.8) is 0 Å². The van der Waals surface area contributed by atoms with Crippen molar-refractivity contribution in [3.05, 3.63) is 59.2 Å². The third-order valence-corrected chi connectivity index (χ3v) is 6.25. The van der Waals surface area contributed by atoms with Gasteiger partial charge in [0.15, 0.2) is 0 Å². The predicted octanol–water partition coefficient (Wildman–Crippen LogP) is 3.45. The van der Waals surface area contributed by atoms with Crippen LogP contribution in [0.25, 0.3) is 0 Å². The van der Waals surface area contributed by atoms with E-state index >= 15 is 0 Å². The number of benzene rings is 2. The van der Waals surface area contributed by atoms with Crippen LogP contribution in [0.3, 0.4) is 0 Å². The molecule has 0 saturated carbocycles. The van der Waals surface area contributed by atoms with Gasteiger partial charge in [-0.15, -0.1) is 0 Å². The van der Waals surface area contributed by atoms with Gasteiger partial charge in [0.05, 0.1) is 10.6 Å². The zero-order valence-electron chi connectivity index (χ0n) is 16.5. The minimum atomic E-state index is -3.61. The number of hydrogen-bond acceptors (Lipinski definition) is 3. The number of anilines is 1. The summed E-state index contributed by atoms with van der Waals surface area (Å²) in [4.78, 5) is 14.3. The van der Waals surface area contributed by atoms with Crippen LogP contribution in [0.2, 0.25) is 0 Å². The van der Waals surface area contributed by atoms with Crippen LogP contribution in [0.15, 0.2) is 47.4 Å². The number of nitrogens with zero attached hydrogens (tertiary/aromatic N) is 1. The van der Waals surface area contributed by atoms with Crippen molar-refractivity contribution in [1.82, 2.24) is 4.72 Å². The first-order valence-corrected chi connectivity index (χ1v) is 10.7. The number of amides is 1. The van der Waals surface area contributed by atoms with Gasteiger partial charge in [0.2, 0.25) is 15.9 Å². The number of carbonyl (C=O) groups is 1. The Morgan fingerprint density at radius 2 is 1.59 bits per heavy atom. The van der Waals surface area contributed by atoms with Gasteiger partial charge in [-0.3, -0.25) is 4.79 Å². The molecule has 0 bridgehead atoms. The molecule has 2 aromatic rings. The number of para-hydroxylation sites is 1. The lowest BCUT2D eigenvalue weighted by Crippen LogP contribution is -2.38. The van der Waals surface area contributed by atoms with Gasteiger partial charge in [0.25, 0.3) is 0 Å². The van der Waals surface area contributed by atoms with Crippen molar-refractivity contribution in [2.45, 2.75) is 45.4 Å². The van der Waals surface area contributed by atoms with E-state index in [0.29, 0.717) is 5.56 Å². The molecule has 0 radical (unpaired) electrons. The van der Waals surface area contributed by atoms with Crippen LogP contribution < -0.4 is 9.62 Å². The Morgan fingerprint density at radius 3 is 2.11 bits per heavy atom. The Morgan fingerprint density at radius 1 is 1.00 bits per heavy atom. The monoisotopic (exact) mass is 388 g/mol. The molecular weight excluding hydrogens is 360 g/mol. The van der Waals surface area contributed by atoms with Crippen molar-refractivity contribution in [2.24, 2.45) is 0 Å². The van der Waals surface area contributed by atoms with Crippen LogP contribution >= 0.6 is 0 Å². The molecule has 6 heteroatoms. The number of hydrogen-bond donors (Lipinski definition) is 1. The summed E-state index contributed by atoms with van der Waals surface area (Å²) in [5.74, 6) is -0.0966. The molecule has 0 fully saturated rings. The van der Waals surface area contributed by atoms with E-state index in [4.69, 9.17) is 0 Å². The summed E-state index contributed by atoms with van der Waals surface area (Å²) in [5, 5.41) is 0. The first-order valence-electron chi connectivity index (χ1n) is 9.26. The number of sulfonamides is 1. The summed E-state index contributed by atoms with van der Waals surface area (Å²) in [6, 6.07) is 12.9. The van der Waals surface area contributed by atoms with Gasteiger partial charge in [-0.25, -0.2) is 13.1 Å². The fourth-order valence-corrected chi connectivity index (χ4v) is 4.48. The molecule has 0 atom stereocenters. The van der Waals surface area contributed by atoms with Gasteiger partial charge >= 0.3 is 0 Å². The van der Waals surface area contributed by atoms with Crippen LogP contribution in [-0.2, 0) is 27.7 Å². The van der Waals surface area contributed by atoms with E-state index in [1.54, 1.807) is 36.1 Å². The smallest absolute Gasteiger partial charge is 0.240 e. The molecule has 2 aromatic carbocycles. The van der Waals surface area contributed by atoms with Gasteiger partial charge in [-0.1, -0.05) is 50.2 Å². The number of rotatable bonds is 8. The SMILES string of the molecule is CCc1cccc(CC)c1N(CCNS(=O)(=O)c1ccccc1C)C(C)=O. The van der Waals surface area contributed by atoms with Crippen molar-refractivity contribution < 1.29 is 13.2 Å². The second kappa shape index (κ2) is 9.15. The first-order chi connectivity index (χ1) is 12.8. The van der Waals surface area contributed by atoms with Crippen LogP contribution in [0.5, 0.6) is 0 Å². The maximum atomic E-state index is 12.6. The molecule has 0 spiro atoms. The molecule has 0 aromatic heterocycles. The Bertz CT molecular complexity index is 885. The van der Waals surface area contributed by atoms with Gasteiger partial charge < -0.3 is 4.90 Å². The van der Waals surface area contributed by atoms with E-state index in [1.165, 1.54) is 6.92 Å². The highest BCUT2D eigenvalue weighted by Gasteiger charge is 2.20. The molecule has 1 N–H and O–H groups in total. The van der Waals surface area contributed by atoms with Gasteiger partial charge in [0.1, 0.15) is 0 Å². The van der Waals surface area contributed by atoms with E-state index in [9.17, 15) is 13.2 Å². The van der Waals surface area contributed by atoms with E-state index in [-0.39, 0.29) is 23.9 Å². The molecule has 1 amide bonds. The highest BCUT2D eigenvalue weighted by Crippen LogP contribution is 2.27. The van der Waals surface area contributed by atoms with E-state index in [2.05, 4.69) is 18.6 Å². The molecule has 5 nitrogen and oxygen atoms in total. The van der Waals surface area contributed by atoms with Crippen molar-refractivity contribution in [3.8, 4) is 0 Å². The molecule has 0 unspecified atom stereocenters. The normalized spacial score (nSPS) is 11.4. The lowest BCUT2D eigenvalue weighted by Gasteiger charge is -2.26. The Kier molecular flexibility index (Phi) is 7.16. The average molecular weight is 389 g/mol. The maximum absolute atomic E-state index is 12.6. The summed E-state index contributed by atoms with van der Waals surface area (Å²) in [6.07, 6.45) is 1.61. The van der Waals surface area contributed by atoms with Crippen LogP contribution in [0.4, 0.5) is 5.69 Å². The number of carbonyl (C=O) groups excluding carboxylic acids is 1. The quantitative estimate of drug-likeness (QED) is 0.753. The van der Waals surface area contributed by atoms with Gasteiger partial charge in [-0.05, 0) is 42.5 Å². The Labute approximate surface area is 162 Å². The largest absolute Gasteiger partial charge is 0.311 e. The summed E-state index contributed by atoms with van der Waals surface area (Å²) in [5.41, 5.74) is 3.78. The third-order valence-electron chi connectivity index (χ3n) is 4.63. The van der Waals surface area contributed by atoms with Crippen molar-refractivity contribution >= 4 is 21.6 Å². The number of aryl methyl sites for hydroxylation is 3. The molecule has 0 aliphatic rings. The van der Waals surface area contributed by atoms with E-state index in [1.807, 2.05) is 18.2 Å². The Balaban J connectivity index is 2.22. The summed E-state index contributed by atoms with van der Waals surface area (Å²) < 4.78 is 27.8. The van der Waals surface area contributed by atoms with Crippen LogP contribution in [0, 0.1) is 6.92 Å². The topological polar surface area (TPSA) is 66.5 Å². The molecule has 0 saturated heterocycles. The summed E-state index contributed by atoms with van der Waals surface area (Å²) >= 11 is 0. The first kappa shape index (κ1) is 21.1. The van der Waals surface area contributed by atoms with Crippen molar-refractivity contribution in [1.29, 1.82) is 0 Å². The second-order valence-electron chi connectivity index (χ2n) is 6.47. The third kappa shape index (κ3) is 4.96. The Hall–Kier alpha value is -2.18. The fourth-order valence-electron chi connectivity index (χ4n) is 3.22.